The maximum Gasteiger partial charge on any atom is 0.418 e. The van der Waals surface area contributed by atoms with Crippen molar-refractivity contribution < 1.29 is 22.7 Å². The number of carbonyl (C=O) groups excluding carboxylic acids is 1. The number of nitrogens with two attached hydrogens (primary N) is 1. The minimum Gasteiger partial charge on any atom is -0.398 e. The minimum absolute atomic E-state index is 0.0698. The Bertz CT molecular complexity index is 523. The van der Waals surface area contributed by atoms with Crippen LogP contribution in [0.2, 0.25) is 0 Å². The van der Waals surface area contributed by atoms with Crippen molar-refractivity contribution in [1.82, 2.24) is 5.32 Å². The average molecular weight is 288 g/mol. The maximum absolute atomic E-state index is 12.7. The molecule has 2 rings (SSSR count). The van der Waals surface area contributed by atoms with Crippen molar-refractivity contribution in [3.8, 4) is 0 Å². The highest BCUT2D eigenvalue weighted by atomic mass is 19.4. The number of carbonyl (C=O) groups is 1. The molecule has 1 amide bonds. The zero-order valence-corrected chi connectivity index (χ0v) is 10.9. The second kappa shape index (κ2) is 4.97. The Balaban J connectivity index is 2.22. The van der Waals surface area contributed by atoms with Gasteiger partial charge in [-0.3, -0.25) is 4.79 Å². The fourth-order valence-corrected chi connectivity index (χ4v) is 2.05. The van der Waals surface area contributed by atoms with Gasteiger partial charge in [0.05, 0.1) is 17.7 Å². The standard InChI is InChI=1S/C13H15F3N2O2/c1-12(4-5-20-7-12)18-11(19)8-2-3-10(17)9(6-8)13(14,15)16/h2-3,6H,4-5,7,17H2,1H3,(H,18,19). The first-order valence-corrected chi connectivity index (χ1v) is 6.08. The number of nitrogen functional groups attached to an aromatic ring is 1. The lowest BCUT2D eigenvalue weighted by atomic mass is 10.0. The molecule has 1 saturated heterocycles. The highest BCUT2D eigenvalue weighted by molar-refractivity contribution is 5.95. The molecule has 1 aromatic rings. The Morgan fingerprint density at radius 1 is 1.45 bits per heavy atom. The van der Waals surface area contributed by atoms with Gasteiger partial charge in [-0.25, -0.2) is 0 Å². The predicted molar refractivity (Wildman–Crippen MR) is 67.2 cm³/mol. The van der Waals surface area contributed by atoms with E-state index in [1.54, 1.807) is 6.92 Å². The third-order valence-corrected chi connectivity index (χ3v) is 3.25. The number of benzene rings is 1. The molecule has 3 N–H and O–H groups in total. The molecule has 1 heterocycles. The van der Waals surface area contributed by atoms with E-state index < -0.39 is 28.9 Å². The zero-order valence-electron chi connectivity index (χ0n) is 10.9. The molecular weight excluding hydrogens is 273 g/mol. The molecule has 1 aromatic carbocycles. The number of halogens is 3. The van der Waals surface area contributed by atoms with Crippen molar-refractivity contribution in [3.63, 3.8) is 0 Å². The Hall–Kier alpha value is -1.76. The predicted octanol–water partition coefficient (Wildman–Crippen LogP) is 2.20. The SMILES string of the molecule is CC1(NC(=O)c2ccc(N)c(C(F)(F)F)c2)CCOC1. The lowest BCUT2D eigenvalue weighted by Crippen LogP contribution is -2.46. The summed E-state index contributed by atoms with van der Waals surface area (Å²) in [5, 5.41) is 2.70. The number of nitrogens with one attached hydrogen (secondary N) is 1. The van der Waals surface area contributed by atoms with E-state index in [0.717, 1.165) is 12.1 Å². The molecule has 1 atom stereocenters. The van der Waals surface area contributed by atoms with E-state index in [9.17, 15) is 18.0 Å². The van der Waals surface area contributed by atoms with Crippen molar-refractivity contribution >= 4 is 11.6 Å². The van der Waals surface area contributed by atoms with Gasteiger partial charge in [-0.05, 0) is 31.5 Å². The van der Waals surface area contributed by atoms with Crippen LogP contribution in [0.5, 0.6) is 0 Å². The van der Waals surface area contributed by atoms with Crippen molar-refractivity contribution in [2.45, 2.75) is 25.1 Å². The van der Waals surface area contributed by atoms with Crippen LogP contribution in [-0.2, 0) is 10.9 Å². The first-order chi connectivity index (χ1) is 9.21. The summed E-state index contributed by atoms with van der Waals surface area (Å²) in [4.78, 5) is 12.0. The molecule has 0 radical (unpaired) electrons. The topological polar surface area (TPSA) is 64.4 Å². The van der Waals surface area contributed by atoms with Gasteiger partial charge in [0, 0.05) is 17.9 Å². The van der Waals surface area contributed by atoms with E-state index in [4.69, 9.17) is 10.5 Å². The summed E-state index contributed by atoms with van der Waals surface area (Å²) in [6.07, 6.45) is -3.96. The molecule has 7 heteroatoms. The Labute approximate surface area is 114 Å². The van der Waals surface area contributed by atoms with Crippen molar-refractivity contribution in [1.29, 1.82) is 0 Å². The van der Waals surface area contributed by atoms with Gasteiger partial charge in [0.15, 0.2) is 0 Å². The lowest BCUT2D eigenvalue weighted by molar-refractivity contribution is -0.136. The van der Waals surface area contributed by atoms with Crippen LogP contribution in [0.4, 0.5) is 18.9 Å². The summed E-state index contributed by atoms with van der Waals surface area (Å²) in [5.41, 5.74) is 3.28. The summed E-state index contributed by atoms with van der Waals surface area (Å²) < 4.78 is 43.4. The van der Waals surface area contributed by atoms with Crippen molar-refractivity contribution in [2.24, 2.45) is 0 Å². The fourth-order valence-electron chi connectivity index (χ4n) is 2.05. The van der Waals surface area contributed by atoms with Gasteiger partial charge in [-0.2, -0.15) is 13.2 Å². The number of alkyl halides is 3. The minimum atomic E-state index is -4.58. The number of hydrogen-bond acceptors (Lipinski definition) is 3. The Kier molecular flexibility index (Phi) is 3.64. The van der Waals surface area contributed by atoms with Gasteiger partial charge in [-0.1, -0.05) is 0 Å². The van der Waals surface area contributed by atoms with Crippen LogP contribution in [0.1, 0.15) is 29.3 Å². The van der Waals surface area contributed by atoms with E-state index in [-0.39, 0.29) is 5.56 Å². The van der Waals surface area contributed by atoms with E-state index in [1.165, 1.54) is 6.07 Å². The highest BCUT2D eigenvalue weighted by Crippen LogP contribution is 2.34. The van der Waals surface area contributed by atoms with Crippen LogP contribution in [0.25, 0.3) is 0 Å². The smallest absolute Gasteiger partial charge is 0.398 e. The number of amides is 1. The Morgan fingerprint density at radius 2 is 2.15 bits per heavy atom. The number of anilines is 1. The van der Waals surface area contributed by atoms with Crippen LogP contribution in [-0.4, -0.2) is 24.7 Å². The van der Waals surface area contributed by atoms with E-state index in [2.05, 4.69) is 5.32 Å². The molecule has 110 valence electrons. The molecule has 1 aliphatic heterocycles. The van der Waals surface area contributed by atoms with Gasteiger partial charge in [0.25, 0.3) is 5.91 Å². The van der Waals surface area contributed by atoms with Gasteiger partial charge >= 0.3 is 6.18 Å². The van der Waals surface area contributed by atoms with Gasteiger partial charge in [0.2, 0.25) is 0 Å². The molecule has 0 spiro atoms. The van der Waals surface area contributed by atoms with Crippen LogP contribution < -0.4 is 11.1 Å². The molecule has 1 unspecified atom stereocenters. The molecule has 4 nitrogen and oxygen atoms in total. The molecule has 1 fully saturated rings. The number of hydrogen-bond donors (Lipinski definition) is 2. The molecular formula is C13H15F3N2O2. The first-order valence-electron chi connectivity index (χ1n) is 6.08. The van der Waals surface area contributed by atoms with Gasteiger partial charge < -0.3 is 15.8 Å². The van der Waals surface area contributed by atoms with E-state index in [0.29, 0.717) is 19.6 Å². The number of ether oxygens (including phenoxy) is 1. The zero-order chi connectivity index (χ0) is 15.0. The normalized spacial score (nSPS) is 22.8. The van der Waals surface area contributed by atoms with Crippen molar-refractivity contribution in [2.75, 3.05) is 18.9 Å². The molecule has 0 saturated carbocycles. The van der Waals surface area contributed by atoms with Crippen LogP contribution in [0.15, 0.2) is 18.2 Å². The first kappa shape index (κ1) is 14.6. The average Bonchev–Trinajstić information content (AvgIpc) is 2.74. The van der Waals surface area contributed by atoms with Crippen LogP contribution in [0.3, 0.4) is 0 Å². The molecule has 1 aliphatic rings. The Morgan fingerprint density at radius 3 is 2.70 bits per heavy atom. The van der Waals surface area contributed by atoms with E-state index >= 15 is 0 Å². The largest absolute Gasteiger partial charge is 0.418 e. The summed E-state index contributed by atoms with van der Waals surface area (Å²) in [6, 6.07) is 3.13. The van der Waals surface area contributed by atoms with Crippen LogP contribution in [0, 0.1) is 0 Å². The quantitative estimate of drug-likeness (QED) is 0.820. The van der Waals surface area contributed by atoms with E-state index in [1.807, 2.05) is 0 Å². The third kappa shape index (κ3) is 3.04. The summed E-state index contributed by atoms with van der Waals surface area (Å²) >= 11 is 0. The van der Waals surface area contributed by atoms with Crippen molar-refractivity contribution in [3.05, 3.63) is 29.3 Å². The molecule has 20 heavy (non-hydrogen) atoms. The fraction of sp³-hybridized carbons (Fsp3) is 0.462. The van der Waals surface area contributed by atoms with Gasteiger partial charge in [-0.15, -0.1) is 0 Å². The molecule has 0 aromatic heterocycles. The third-order valence-electron chi connectivity index (χ3n) is 3.25. The second-order valence-electron chi connectivity index (χ2n) is 5.12. The number of rotatable bonds is 2. The summed E-state index contributed by atoms with van der Waals surface area (Å²) in [7, 11) is 0. The molecule has 0 aliphatic carbocycles. The van der Waals surface area contributed by atoms with Crippen LogP contribution >= 0.6 is 0 Å². The highest BCUT2D eigenvalue weighted by Gasteiger charge is 2.35. The monoisotopic (exact) mass is 288 g/mol. The van der Waals surface area contributed by atoms with Gasteiger partial charge in [0.1, 0.15) is 0 Å². The summed E-state index contributed by atoms with van der Waals surface area (Å²) in [6.45, 7) is 2.66. The molecule has 0 bridgehead atoms. The maximum atomic E-state index is 12.7. The lowest BCUT2D eigenvalue weighted by Gasteiger charge is -2.23. The summed E-state index contributed by atoms with van der Waals surface area (Å²) in [5.74, 6) is -0.566. The second-order valence-corrected chi connectivity index (χ2v) is 5.12.